The van der Waals surface area contributed by atoms with Crippen molar-refractivity contribution in [1.29, 1.82) is 0 Å². The van der Waals surface area contributed by atoms with Crippen LogP contribution in [-0.4, -0.2) is 18.4 Å². The Balaban J connectivity index is 2.17. The molecule has 0 aliphatic rings. The average Bonchev–Trinajstić information content (AvgIpc) is 2.45. The second kappa shape index (κ2) is 5.95. The number of halogens is 1. The Hall–Kier alpha value is -2.43. The van der Waals surface area contributed by atoms with Gasteiger partial charge in [0.1, 0.15) is 18.1 Å². The molecular weight excluding hydrogens is 247 g/mol. The smallest absolute Gasteiger partial charge is 0.212 e. The molecule has 1 atom stereocenters. The maximum absolute atomic E-state index is 13.1. The number of carbonyl (C=O) groups is 1. The van der Waals surface area contributed by atoms with Gasteiger partial charge in [0.15, 0.2) is 0 Å². The van der Waals surface area contributed by atoms with Crippen molar-refractivity contribution in [3.05, 3.63) is 54.0 Å². The molecule has 1 unspecified atom stereocenters. The number of ether oxygens (including phenoxy) is 1. The monoisotopic (exact) mass is 260 g/mol. The van der Waals surface area contributed by atoms with Gasteiger partial charge in [-0.2, -0.15) is 0 Å². The minimum Gasteiger partial charge on any atom is -0.481 e. The molecule has 19 heavy (non-hydrogen) atoms. The van der Waals surface area contributed by atoms with Crippen LogP contribution in [0.3, 0.4) is 0 Å². The Morgan fingerprint density at radius 2 is 2.21 bits per heavy atom. The number of pyridine rings is 1. The molecule has 1 aromatic heterocycles. The summed E-state index contributed by atoms with van der Waals surface area (Å²) in [6.07, 6.45) is 2.29. The van der Waals surface area contributed by atoms with Gasteiger partial charge in [-0.05, 0) is 24.3 Å². The average molecular weight is 260 g/mol. The van der Waals surface area contributed by atoms with E-state index in [-0.39, 0.29) is 5.82 Å². The number of nitrogens with one attached hydrogen (secondary N) is 1. The molecule has 1 aromatic carbocycles. The van der Waals surface area contributed by atoms with E-state index in [0.29, 0.717) is 17.1 Å². The summed E-state index contributed by atoms with van der Waals surface area (Å²) < 4.78 is 18.0. The van der Waals surface area contributed by atoms with E-state index in [9.17, 15) is 9.18 Å². The highest BCUT2D eigenvalue weighted by atomic mass is 19.1. The van der Waals surface area contributed by atoms with Crippen LogP contribution in [0.15, 0.2) is 42.6 Å². The fourth-order valence-corrected chi connectivity index (χ4v) is 1.65. The van der Waals surface area contributed by atoms with Crippen molar-refractivity contribution in [2.75, 3.05) is 12.4 Å². The van der Waals surface area contributed by atoms with Gasteiger partial charge in [-0.3, -0.25) is 0 Å². The van der Waals surface area contributed by atoms with Gasteiger partial charge in [-0.1, -0.05) is 6.07 Å². The molecule has 0 fully saturated rings. The second-order valence-corrected chi connectivity index (χ2v) is 3.90. The first-order valence-corrected chi connectivity index (χ1v) is 5.70. The van der Waals surface area contributed by atoms with Gasteiger partial charge in [0.05, 0.1) is 7.11 Å². The summed E-state index contributed by atoms with van der Waals surface area (Å²) in [5.74, 6) is 0.113. The lowest BCUT2D eigenvalue weighted by molar-refractivity contribution is -0.108. The van der Waals surface area contributed by atoms with Crippen LogP contribution in [-0.2, 0) is 4.79 Å². The molecule has 0 aliphatic carbocycles. The number of nitrogens with zero attached hydrogens (tertiary/aromatic N) is 1. The van der Waals surface area contributed by atoms with Crippen LogP contribution in [0, 0.1) is 5.82 Å². The summed E-state index contributed by atoms with van der Waals surface area (Å²) in [4.78, 5) is 15.2. The Bertz CT molecular complexity index is 558. The minimum absolute atomic E-state index is 0.359. The maximum atomic E-state index is 13.1. The van der Waals surface area contributed by atoms with E-state index in [1.54, 1.807) is 30.5 Å². The summed E-state index contributed by atoms with van der Waals surface area (Å²) >= 11 is 0. The fraction of sp³-hybridized carbons (Fsp3) is 0.143. The second-order valence-electron chi connectivity index (χ2n) is 3.90. The van der Waals surface area contributed by atoms with Crippen molar-refractivity contribution in [2.45, 2.75) is 6.04 Å². The van der Waals surface area contributed by atoms with Crippen molar-refractivity contribution in [3.63, 3.8) is 0 Å². The Labute approximate surface area is 110 Å². The van der Waals surface area contributed by atoms with E-state index in [4.69, 9.17) is 4.74 Å². The van der Waals surface area contributed by atoms with E-state index in [1.807, 2.05) is 0 Å². The number of carbonyl (C=O) groups excluding carboxylic acids is 1. The number of hydrogen-bond donors (Lipinski definition) is 1. The zero-order chi connectivity index (χ0) is 13.7. The highest BCUT2D eigenvalue weighted by Gasteiger charge is 2.11. The normalized spacial score (nSPS) is 11.7. The van der Waals surface area contributed by atoms with E-state index in [0.717, 1.165) is 6.29 Å². The molecule has 0 radical (unpaired) electrons. The van der Waals surface area contributed by atoms with Crippen LogP contribution in [0.4, 0.5) is 10.1 Å². The summed E-state index contributed by atoms with van der Waals surface area (Å²) in [6, 6.07) is 8.75. The molecule has 5 heteroatoms. The van der Waals surface area contributed by atoms with Gasteiger partial charge >= 0.3 is 0 Å². The lowest BCUT2D eigenvalue weighted by atomic mass is 10.1. The molecule has 1 heterocycles. The van der Waals surface area contributed by atoms with Crippen molar-refractivity contribution in [1.82, 2.24) is 4.98 Å². The lowest BCUT2D eigenvalue weighted by Gasteiger charge is -2.14. The number of rotatable bonds is 5. The zero-order valence-corrected chi connectivity index (χ0v) is 10.3. The predicted molar refractivity (Wildman–Crippen MR) is 69.6 cm³/mol. The van der Waals surface area contributed by atoms with Crippen molar-refractivity contribution >= 4 is 12.0 Å². The zero-order valence-electron chi connectivity index (χ0n) is 10.3. The molecule has 4 nitrogen and oxygen atoms in total. The Morgan fingerprint density at radius 3 is 2.79 bits per heavy atom. The first-order chi connectivity index (χ1) is 9.22. The quantitative estimate of drug-likeness (QED) is 0.839. The van der Waals surface area contributed by atoms with Gasteiger partial charge in [0, 0.05) is 23.5 Å². The van der Waals surface area contributed by atoms with E-state index in [1.165, 1.54) is 19.2 Å². The third-order valence-corrected chi connectivity index (χ3v) is 2.61. The molecule has 1 N–H and O–H groups in total. The number of hydrogen-bond acceptors (Lipinski definition) is 4. The molecule has 0 bridgehead atoms. The summed E-state index contributed by atoms with van der Waals surface area (Å²) in [5.41, 5.74) is 1.22. The summed E-state index contributed by atoms with van der Waals surface area (Å²) in [5, 5.41) is 2.93. The molecule has 0 saturated heterocycles. The van der Waals surface area contributed by atoms with E-state index < -0.39 is 6.04 Å². The summed E-state index contributed by atoms with van der Waals surface area (Å²) in [7, 11) is 1.52. The van der Waals surface area contributed by atoms with Gasteiger partial charge in [0.2, 0.25) is 5.88 Å². The van der Waals surface area contributed by atoms with Gasteiger partial charge < -0.3 is 14.8 Å². The topological polar surface area (TPSA) is 51.2 Å². The van der Waals surface area contributed by atoms with Crippen molar-refractivity contribution < 1.29 is 13.9 Å². The first-order valence-electron chi connectivity index (χ1n) is 5.70. The number of anilines is 1. The van der Waals surface area contributed by atoms with Crippen LogP contribution in [0.25, 0.3) is 0 Å². The molecule has 2 rings (SSSR count). The van der Waals surface area contributed by atoms with Gasteiger partial charge in [0.25, 0.3) is 0 Å². The standard InChI is InChI=1S/C14H13FN2O2/c1-19-14-6-5-10(8-16-14)13(9-18)17-12-4-2-3-11(15)7-12/h2-9,13,17H,1H3. The first kappa shape index (κ1) is 13.0. The molecule has 98 valence electrons. The largest absolute Gasteiger partial charge is 0.481 e. The molecule has 0 aliphatic heterocycles. The highest BCUT2D eigenvalue weighted by molar-refractivity contribution is 5.67. The minimum atomic E-state index is -0.583. The SMILES string of the molecule is COc1ccc(C(C=O)Nc2cccc(F)c2)cn1. The molecule has 2 aromatic rings. The van der Waals surface area contributed by atoms with E-state index in [2.05, 4.69) is 10.3 Å². The van der Waals surface area contributed by atoms with Crippen LogP contribution in [0.1, 0.15) is 11.6 Å². The number of benzene rings is 1. The molecule has 0 amide bonds. The highest BCUT2D eigenvalue weighted by Crippen LogP contribution is 2.19. The van der Waals surface area contributed by atoms with Crippen molar-refractivity contribution in [3.8, 4) is 5.88 Å². The van der Waals surface area contributed by atoms with E-state index >= 15 is 0 Å². The van der Waals surface area contributed by atoms with Crippen molar-refractivity contribution in [2.24, 2.45) is 0 Å². The van der Waals surface area contributed by atoms with Crippen LogP contribution in [0.5, 0.6) is 5.88 Å². The maximum Gasteiger partial charge on any atom is 0.212 e. The third-order valence-electron chi connectivity index (χ3n) is 2.61. The Morgan fingerprint density at radius 1 is 1.37 bits per heavy atom. The number of methoxy groups -OCH3 is 1. The van der Waals surface area contributed by atoms with Crippen LogP contribution in [0.2, 0.25) is 0 Å². The molecular formula is C14H13FN2O2. The summed E-state index contributed by atoms with van der Waals surface area (Å²) in [6.45, 7) is 0. The third kappa shape index (κ3) is 3.28. The predicted octanol–water partition coefficient (Wildman–Crippen LogP) is 2.58. The Kier molecular flexibility index (Phi) is 4.07. The lowest BCUT2D eigenvalue weighted by Crippen LogP contribution is -2.12. The van der Waals surface area contributed by atoms with Crippen LogP contribution >= 0.6 is 0 Å². The van der Waals surface area contributed by atoms with Gasteiger partial charge in [-0.25, -0.2) is 9.37 Å². The molecule has 0 spiro atoms. The molecule has 0 saturated carbocycles. The fourth-order valence-electron chi connectivity index (χ4n) is 1.65. The van der Waals surface area contributed by atoms with Gasteiger partial charge in [-0.15, -0.1) is 0 Å². The number of aromatic nitrogens is 1. The number of aldehydes is 1. The van der Waals surface area contributed by atoms with Crippen LogP contribution < -0.4 is 10.1 Å².